The minimum absolute atomic E-state index is 0.114. The lowest BCUT2D eigenvalue weighted by atomic mass is 10.2. The van der Waals surface area contributed by atoms with Crippen molar-refractivity contribution in [2.24, 2.45) is 0 Å². The van der Waals surface area contributed by atoms with E-state index < -0.39 is 0 Å². The number of nitrogens with zero attached hydrogens (tertiary/aromatic N) is 1. The van der Waals surface area contributed by atoms with Crippen LogP contribution in [0, 0.1) is 12.7 Å². The van der Waals surface area contributed by atoms with Crippen molar-refractivity contribution in [1.82, 2.24) is 4.90 Å². The summed E-state index contributed by atoms with van der Waals surface area (Å²) in [6.07, 6.45) is 0. The van der Waals surface area contributed by atoms with Crippen molar-refractivity contribution in [3.8, 4) is 0 Å². The van der Waals surface area contributed by atoms with Gasteiger partial charge >= 0.3 is 0 Å². The van der Waals surface area contributed by atoms with E-state index in [2.05, 4.69) is 5.32 Å². The number of halogens is 1. The molecule has 0 atom stereocenters. The van der Waals surface area contributed by atoms with E-state index in [1.807, 2.05) is 0 Å². The highest BCUT2D eigenvalue weighted by molar-refractivity contribution is 5.92. The Morgan fingerprint density at radius 1 is 1.24 bits per heavy atom. The van der Waals surface area contributed by atoms with Crippen LogP contribution in [0.1, 0.15) is 16.3 Å². The van der Waals surface area contributed by atoms with Crippen LogP contribution in [0.2, 0.25) is 0 Å². The molecule has 0 bridgehead atoms. The topological polar surface area (TPSA) is 67.0 Å². The summed E-state index contributed by atoms with van der Waals surface area (Å²) in [5, 5.41) is 2.70. The van der Waals surface area contributed by atoms with Crippen LogP contribution >= 0.6 is 0 Å². The number of carbonyl (C=O) groups is 2. The number of benzene rings is 1. The van der Waals surface area contributed by atoms with E-state index in [4.69, 9.17) is 4.42 Å². The molecular formula is C18H21FN3O3+. The summed E-state index contributed by atoms with van der Waals surface area (Å²) in [4.78, 5) is 27.2. The second-order valence-corrected chi connectivity index (χ2v) is 6.19. The molecule has 7 heteroatoms. The van der Waals surface area contributed by atoms with Gasteiger partial charge in [-0.3, -0.25) is 9.59 Å². The van der Waals surface area contributed by atoms with Crippen LogP contribution in [-0.2, 0) is 4.79 Å². The maximum atomic E-state index is 13.1. The third kappa shape index (κ3) is 4.45. The molecule has 0 unspecified atom stereocenters. The number of rotatable bonds is 4. The summed E-state index contributed by atoms with van der Waals surface area (Å²) in [6, 6.07) is 9.28. The number of quaternary nitrogens is 1. The van der Waals surface area contributed by atoms with Gasteiger partial charge in [0.25, 0.3) is 11.8 Å². The van der Waals surface area contributed by atoms with E-state index in [1.54, 1.807) is 36.1 Å². The van der Waals surface area contributed by atoms with E-state index in [-0.39, 0.29) is 17.6 Å². The number of amides is 2. The molecule has 1 aliphatic rings. The van der Waals surface area contributed by atoms with Gasteiger partial charge in [0, 0.05) is 5.69 Å². The Kier molecular flexibility index (Phi) is 5.14. The highest BCUT2D eigenvalue weighted by atomic mass is 19.1. The Labute approximate surface area is 145 Å². The van der Waals surface area contributed by atoms with Crippen LogP contribution in [-0.4, -0.2) is 49.4 Å². The lowest BCUT2D eigenvalue weighted by Crippen LogP contribution is -3.15. The van der Waals surface area contributed by atoms with E-state index in [0.29, 0.717) is 49.9 Å². The number of carbonyl (C=O) groups excluding carboxylic acids is 2. The average molecular weight is 346 g/mol. The fraction of sp³-hybridized carbons (Fsp3) is 0.333. The van der Waals surface area contributed by atoms with E-state index in [0.717, 1.165) is 4.90 Å². The molecule has 0 radical (unpaired) electrons. The largest absolute Gasteiger partial charge is 0.456 e. The Balaban J connectivity index is 1.47. The Hall–Kier alpha value is -2.67. The summed E-state index contributed by atoms with van der Waals surface area (Å²) >= 11 is 0. The third-order valence-corrected chi connectivity index (χ3v) is 4.23. The van der Waals surface area contributed by atoms with Crippen LogP contribution < -0.4 is 10.2 Å². The van der Waals surface area contributed by atoms with Crippen molar-refractivity contribution < 1.29 is 23.3 Å². The molecular weight excluding hydrogens is 325 g/mol. The van der Waals surface area contributed by atoms with E-state index >= 15 is 0 Å². The van der Waals surface area contributed by atoms with Crippen molar-refractivity contribution >= 4 is 17.5 Å². The van der Waals surface area contributed by atoms with Crippen LogP contribution in [0.15, 0.2) is 40.8 Å². The summed E-state index contributed by atoms with van der Waals surface area (Å²) < 4.78 is 18.5. The molecule has 1 fully saturated rings. The molecule has 1 aromatic carbocycles. The second-order valence-electron chi connectivity index (χ2n) is 6.19. The van der Waals surface area contributed by atoms with Gasteiger partial charge in [0.2, 0.25) is 0 Å². The van der Waals surface area contributed by atoms with E-state index in [1.165, 1.54) is 12.1 Å². The molecule has 2 aromatic rings. The maximum absolute atomic E-state index is 13.1. The summed E-state index contributed by atoms with van der Waals surface area (Å²) in [6.45, 7) is 4.60. The second kappa shape index (κ2) is 7.48. The molecule has 1 aliphatic heterocycles. The predicted octanol–water partition coefficient (Wildman–Crippen LogP) is 0.707. The zero-order chi connectivity index (χ0) is 17.8. The van der Waals surface area contributed by atoms with Gasteiger partial charge in [0.1, 0.15) is 11.6 Å². The molecule has 2 heterocycles. The van der Waals surface area contributed by atoms with Crippen molar-refractivity contribution in [2.75, 3.05) is 38.0 Å². The van der Waals surface area contributed by atoms with E-state index in [9.17, 15) is 14.0 Å². The number of hydrogen-bond acceptors (Lipinski definition) is 3. The zero-order valence-electron chi connectivity index (χ0n) is 14.0. The molecule has 2 N–H and O–H groups in total. The summed E-state index contributed by atoms with van der Waals surface area (Å²) in [7, 11) is 0. The van der Waals surface area contributed by atoms with Crippen molar-refractivity contribution in [3.05, 3.63) is 53.7 Å². The van der Waals surface area contributed by atoms with Crippen molar-refractivity contribution in [2.45, 2.75) is 6.92 Å². The molecule has 1 aromatic heterocycles. The first-order valence-electron chi connectivity index (χ1n) is 8.26. The Bertz CT molecular complexity index is 766. The Morgan fingerprint density at radius 2 is 2.00 bits per heavy atom. The molecule has 0 aliphatic carbocycles. The SMILES string of the molecule is Cc1ccc(C(=O)N2CC[NH+](CC(=O)Nc3cccc(F)c3)CC2)o1. The number of nitrogens with one attached hydrogen (secondary N) is 2. The molecule has 0 saturated carbocycles. The van der Waals surface area contributed by atoms with Gasteiger partial charge in [-0.1, -0.05) is 6.07 Å². The predicted molar refractivity (Wildman–Crippen MR) is 89.9 cm³/mol. The monoisotopic (exact) mass is 346 g/mol. The molecule has 3 rings (SSSR count). The van der Waals surface area contributed by atoms with Gasteiger partial charge in [-0.05, 0) is 37.3 Å². The minimum atomic E-state index is -0.384. The van der Waals surface area contributed by atoms with Gasteiger partial charge in [0.05, 0.1) is 26.2 Å². The first-order valence-corrected chi connectivity index (χ1v) is 8.26. The normalized spacial score (nSPS) is 15.2. The Morgan fingerprint density at radius 3 is 2.64 bits per heavy atom. The van der Waals surface area contributed by atoms with Gasteiger partial charge < -0.3 is 19.5 Å². The molecule has 25 heavy (non-hydrogen) atoms. The van der Waals surface area contributed by atoms with Crippen LogP contribution in [0.4, 0.5) is 10.1 Å². The van der Waals surface area contributed by atoms with Crippen molar-refractivity contribution in [3.63, 3.8) is 0 Å². The molecule has 0 spiro atoms. The molecule has 2 amide bonds. The fourth-order valence-corrected chi connectivity index (χ4v) is 2.91. The van der Waals surface area contributed by atoms with Crippen LogP contribution in [0.25, 0.3) is 0 Å². The summed E-state index contributed by atoms with van der Waals surface area (Å²) in [5.41, 5.74) is 0.450. The van der Waals surface area contributed by atoms with Crippen LogP contribution in [0.3, 0.4) is 0 Å². The van der Waals surface area contributed by atoms with Gasteiger partial charge in [-0.15, -0.1) is 0 Å². The maximum Gasteiger partial charge on any atom is 0.289 e. The van der Waals surface area contributed by atoms with Crippen molar-refractivity contribution in [1.29, 1.82) is 0 Å². The van der Waals surface area contributed by atoms with Gasteiger partial charge in [0.15, 0.2) is 12.3 Å². The number of anilines is 1. The highest BCUT2D eigenvalue weighted by Gasteiger charge is 2.27. The average Bonchev–Trinajstić information content (AvgIpc) is 3.01. The first-order chi connectivity index (χ1) is 12.0. The molecule has 6 nitrogen and oxygen atoms in total. The molecule has 132 valence electrons. The first kappa shape index (κ1) is 17.2. The minimum Gasteiger partial charge on any atom is -0.456 e. The smallest absolute Gasteiger partial charge is 0.289 e. The number of hydrogen-bond donors (Lipinski definition) is 2. The highest BCUT2D eigenvalue weighted by Crippen LogP contribution is 2.10. The summed E-state index contributed by atoms with van der Waals surface area (Å²) in [5.74, 6) is 0.398. The van der Waals surface area contributed by atoms with Gasteiger partial charge in [-0.2, -0.15) is 0 Å². The zero-order valence-corrected chi connectivity index (χ0v) is 14.0. The number of furan rings is 1. The molecule has 1 saturated heterocycles. The quantitative estimate of drug-likeness (QED) is 0.857. The lowest BCUT2D eigenvalue weighted by molar-refractivity contribution is -0.895. The standard InChI is InChI=1S/C18H20FN3O3/c1-13-5-6-16(25-13)18(24)22-9-7-21(8-10-22)12-17(23)20-15-4-2-3-14(19)11-15/h2-6,11H,7-10,12H2,1H3,(H,20,23)/p+1. The van der Waals surface area contributed by atoms with Crippen LogP contribution in [0.5, 0.6) is 0 Å². The fourth-order valence-electron chi connectivity index (χ4n) is 2.91. The third-order valence-electron chi connectivity index (χ3n) is 4.23. The number of piperazine rings is 1. The number of aryl methyl sites for hydroxylation is 1. The lowest BCUT2D eigenvalue weighted by Gasteiger charge is -2.31. The van der Waals surface area contributed by atoms with Gasteiger partial charge in [-0.25, -0.2) is 4.39 Å².